The van der Waals surface area contributed by atoms with Gasteiger partial charge in [0.2, 0.25) is 0 Å². The Bertz CT molecular complexity index is 392. The molecular weight excluding hydrogens is 318 g/mol. The maximum atomic E-state index is 5.84. The minimum Gasteiger partial charge on any atom is -0.375 e. The molecule has 1 heterocycles. The van der Waals surface area contributed by atoms with Crippen molar-refractivity contribution in [2.45, 2.75) is 110 Å². The molecule has 0 fully saturated rings. The van der Waals surface area contributed by atoms with Crippen molar-refractivity contribution in [1.29, 1.82) is 0 Å². The summed E-state index contributed by atoms with van der Waals surface area (Å²) in [5.74, 6) is 0. The quantitative estimate of drug-likeness (QED) is 0.202. The predicted molar refractivity (Wildman–Crippen MR) is 112 cm³/mol. The van der Waals surface area contributed by atoms with Crippen molar-refractivity contribution in [2.24, 2.45) is 0 Å². The number of hydrogen-bond acceptors (Lipinski definition) is 1. The van der Waals surface area contributed by atoms with Crippen molar-refractivity contribution in [3.8, 4) is 0 Å². The van der Waals surface area contributed by atoms with Crippen molar-refractivity contribution in [1.82, 2.24) is 0 Å². The summed E-state index contributed by atoms with van der Waals surface area (Å²) in [5.41, 5.74) is 0. The molecule has 0 bridgehead atoms. The normalized spacial score (nSPS) is 12.4. The molecule has 0 spiro atoms. The molecule has 1 aromatic rings. The van der Waals surface area contributed by atoms with Crippen LogP contribution in [0.3, 0.4) is 0 Å². The molecule has 2 heteroatoms. The highest BCUT2D eigenvalue weighted by Gasteiger charge is 2.10. The van der Waals surface area contributed by atoms with Crippen molar-refractivity contribution in [3.05, 3.63) is 30.6 Å². The van der Waals surface area contributed by atoms with Gasteiger partial charge < -0.3 is 4.74 Å². The average molecular weight is 363 g/mol. The van der Waals surface area contributed by atoms with Gasteiger partial charge in [0.15, 0.2) is 18.4 Å². The van der Waals surface area contributed by atoms with Crippen LogP contribution in [0.25, 0.3) is 0 Å². The van der Waals surface area contributed by atoms with Crippen molar-refractivity contribution < 1.29 is 9.30 Å². The molecule has 0 saturated carbocycles. The molecule has 0 aliphatic carbocycles. The highest BCUT2D eigenvalue weighted by molar-refractivity contribution is 4.83. The third kappa shape index (κ3) is 13.3. The molecule has 1 atom stereocenters. The van der Waals surface area contributed by atoms with Gasteiger partial charge >= 0.3 is 0 Å². The van der Waals surface area contributed by atoms with Crippen LogP contribution < -0.4 is 4.57 Å². The Morgan fingerprint density at radius 3 is 1.62 bits per heavy atom. The molecule has 26 heavy (non-hydrogen) atoms. The summed E-state index contributed by atoms with van der Waals surface area (Å²) in [5, 5.41) is 0. The summed E-state index contributed by atoms with van der Waals surface area (Å²) in [7, 11) is 0. The summed E-state index contributed by atoms with van der Waals surface area (Å²) < 4.78 is 8.05. The monoisotopic (exact) mass is 362 g/mol. The van der Waals surface area contributed by atoms with E-state index in [1.807, 2.05) is 0 Å². The predicted octanol–water partition coefficient (Wildman–Crippen LogP) is 7.03. The summed E-state index contributed by atoms with van der Waals surface area (Å²) in [4.78, 5) is 0. The van der Waals surface area contributed by atoms with Crippen LogP contribution in [-0.4, -0.2) is 13.2 Å². The molecule has 1 aromatic heterocycles. The lowest BCUT2D eigenvalue weighted by molar-refractivity contribution is -0.721. The van der Waals surface area contributed by atoms with Crippen molar-refractivity contribution in [3.63, 3.8) is 0 Å². The molecule has 2 nitrogen and oxygen atoms in total. The van der Waals surface area contributed by atoms with E-state index in [0.29, 0.717) is 6.04 Å². The lowest BCUT2D eigenvalue weighted by atomic mass is 10.0. The number of aromatic nitrogens is 1. The van der Waals surface area contributed by atoms with E-state index >= 15 is 0 Å². The molecule has 0 N–H and O–H groups in total. The van der Waals surface area contributed by atoms with Gasteiger partial charge in [0.05, 0.1) is 0 Å². The summed E-state index contributed by atoms with van der Waals surface area (Å²) in [6.45, 7) is 6.23. The van der Waals surface area contributed by atoms with Crippen LogP contribution in [0.15, 0.2) is 30.6 Å². The fourth-order valence-electron chi connectivity index (χ4n) is 3.44. The summed E-state index contributed by atoms with van der Waals surface area (Å²) >= 11 is 0. The van der Waals surface area contributed by atoms with Gasteiger partial charge in [-0.1, -0.05) is 96.5 Å². The molecule has 0 aromatic carbocycles. The van der Waals surface area contributed by atoms with E-state index in [0.717, 1.165) is 13.2 Å². The largest absolute Gasteiger partial charge is 0.375 e. The smallest absolute Gasteiger partial charge is 0.178 e. The maximum Gasteiger partial charge on any atom is 0.178 e. The van der Waals surface area contributed by atoms with Gasteiger partial charge in [0.1, 0.15) is 6.61 Å². The van der Waals surface area contributed by atoms with Gasteiger partial charge in [0.25, 0.3) is 0 Å². The first kappa shape index (κ1) is 23.1. The Hall–Kier alpha value is -0.890. The number of hydrogen-bond donors (Lipinski definition) is 0. The zero-order valence-corrected chi connectivity index (χ0v) is 17.6. The number of ether oxygens (including phenoxy) is 1. The second kappa shape index (κ2) is 17.5. The average Bonchev–Trinajstić information content (AvgIpc) is 2.68. The molecular formula is C24H44NO+. The third-order valence-corrected chi connectivity index (χ3v) is 5.25. The number of pyridine rings is 1. The van der Waals surface area contributed by atoms with Crippen LogP contribution in [-0.2, 0) is 4.74 Å². The number of rotatable bonds is 18. The molecule has 0 amide bonds. The van der Waals surface area contributed by atoms with E-state index in [1.165, 1.54) is 89.9 Å². The number of unbranched alkanes of at least 4 members (excludes halogenated alkanes) is 13. The molecule has 0 saturated heterocycles. The minimum atomic E-state index is 0.419. The standard InChI is InChI=1S/C24H44NO/c1-3-4-5-6-7-8-9-10-11-12-13-14-15-19-22-26-23-24(2)25-20-17-16-18-21-25/h16-18,20-21,24H,3-15,19,22-23H2,1-2H3/q+1. The fraction of sp³-hybridized carbons (Fsp3) is 0.792. The maximum absolute atomic E-state index is 5.84. The molecule has 150 valence electrons. The Morgan fingerprint density at radius 1 is 0.654 bits per heavy atom. The van der Waals surface area contributed by atoms with Crippen LogP contribution >= 0.6 is 0 Å². The van der Waals surface area contributed by atoms with E-state index < -0.39 is 0 Å². The fourth-order valence-corrected chi connectivity index (χ4v) is 3.44. The van der Waals surface area contributed by atoms with Crippen LogP contribution in [0.2, 0.25) is 0 Å². The van der Waals surface area contributed by atoms with Crippen LogP contribution in [0.4, 0.5) is 0 Å². The first-order valence-corrected chi connectivity index (χ1v) is 11.4. The van der Waals surface area contributed by atoms with E-state index in [1.54, 1.807) is 0 Å². The second-order valence-corrected chi connectivity index (χ2v) is 7.84. The van der Waals surface area contributed by atoms with Gasteiger partial charge in [-0.05, 0) is 6.42 Å². The highest BCUT2D eigenvalue weighted by atomic mass is 16.5. The Morgan fingerprint density at radius 2 is 1.12 bits per heavy atom. The Balaban J connectivity index is 1.76. The van der Waals surface area contributed by atoms with Gasteiger partial charge in [-0.25, -0.2) is 4.57 Å². The number of nitrogens with zero attached hydrogens (tertiary/aromatic N) is 1. The molecule has 0 aliphatic rings. The van der Waals surface area contributed by atoms with Crippen LogP contribution in [0.1, 0.15) is 110 Å². The van der Waals surface area contributed by atoms with Gasteiger partial charge in [-0.2, -0.15) is 0 Å². The van der Waals surface area contributed by atoms with Crippen LogP contribution in [0, 0.1) is 0 Å². The Labute approximate surface area is 163 Å². The molecule has 0 aliphatic heterocycles. The molecule has 1 rings (SSSR count). The zero-order chi connectivity index (χ0) is 18.7. The highest BCUT2D eigenvalue weighted by Crippen LogP contribution is 2.13. The van der Waals surface area contributed by atoms with Crippen molar-refractivity contribution >= 4 is 0 Å². The second-order valence-electron chi connectivity index (χ2n) is 7.84. The van der Waals surface area contributed by atoms with E-state index in [9.17, 15) is 0 Å². The summed E-state index contributed by atoms with van der Waals surface area (Å²) in [6, 6.07) is 6.62. The molecule has 0 radical (unpaired) electrons. The lowest BCUT2D eigenvalue weighted by Gasteiger charge is -2.08. The first-order valence-electron chi connectivity index (χ1n) is 11.4. The molecule has 1 unspecified atom stereocenters. The van der Waals surface area contributed by atoms with Crippen molar-refractivity contribution in [2.75, 3.05) is 13.2 Å². The van der Waals surface area contributed by atoms with Gasteiger partial charge in [-0.3, -0.25) is 0 Å². The van der Waals surface area contributed by atoms with Gasteiger partial charge in [0, 0.05) is 25.7 Å². The lowest BCUT2D eigenvalue weighted by Crippen LogP contribution is -2.39. The minimum absolute atomic E-state index is 0.419. The zero-order valence-electron chi connectivity index (χ0n) is 17.6. The van der Waals surface area contributed by atoms with Crippen LogP contribution in [0.5, 0.6) is 0 Å². The third-order valence-electron chi connectivity index (χ3n) is 5.25. The Kier molecular flexibility index (Phi) is 15.6. The van der Waals surface area contributed by atoms with E-state index in [2.05, 4.69) is 49.0 Å². The van der Waals surface area contributed by atoms with E-state index in [-0.39, 0.29) is 0 Å². The van der Waals surface area contributed by atoms with E-state index in [4.69, 9.17) is 4.74 Å². The SMILES string of the molecule is CCCCCCCCCCCCCCCCOCC(C)[n+]1ccccc1. The summed E-state index contributed by atoms with van der Waals surface area (Å²) in [6.07, 6.45) is 23.9. The topological polar surface area (TPSA) is 13.1 Å². The first-order chi connectivity index (χ1) is 12.8. The van der Waals surface area contributed by atoms with Gasteiger partial charge in [-0.15, -0.1) is 0 Å².